The number of nitrogens with one attached hydrogen (secondary N) is 2. The molecule has 1 atom stereocenters. The van der Waals surface area contributed by atoms with E-state index in [-0.39, 0.29) is 0 Å². The van der Waals surface area contributed by atoms with E-state index in [1.165, 1.54) is 42.3 Å². The van der Waals surface area contributed by atoms with Crippen molar-refractivity contribution in [3.05, 3.63) is 34.4 Å². The first-order valence-electron chi connectivity index (χ1n) is 6.32. The smallest absolute Gasteiger partial charge is 0.0468 e. The minimum absolute atomic E-state index is 0.666. The van der Waals surface area contributed by atoms with Gasteiger partial charge in [-0.15, -0.1) is 0 Å². The molecule has 0 aliphatic carbocycles. The van der Waals surface area contributed by atoms with E-state index < -0.39 is 0 Å². The van der Waals surface area contributed by atoms with Gasteiger partial charge in [0.2, 0.25) is 0 Å². The number of benzene rings is 1. The first-order valence-corrected chi connectivity index (χ1v) is 7.11. The van der Waals surface area contributed by atoms with Crippen molar-refractivity contribution in [3.8, 4) is 0 Å². The van der Waals surface area contributed by atoms with Gasteiger partial charge < -0.3 is 10.3 Å². The van der Waals surface area contributed by atoms with Crippen LogP contribution < -0.4 is 5.32 Å². The summed E-state index contributed by atoms with van der Waals surface area (Å²) in [4.78, 5) is 3.30. The average molecular weight is 293 g/mol. The largest absolute Gasteiger partial charge is 0.360 e. The molecule has 1 aromatic carbocycles. The van der Waals surface area contributed by atoms with Gasteiger partial charge in [-0.1, -0.05) is 18.6 Å². The molecule has 2 aromatic rings. The molecule has 1 aliphatic heterocycles. The summed E-state index contributed by atoms with van der Waals surface area (Å²) in [6.45, 7) is 1.18. The maximum Gasteiger partial charge on any atom is 0.0468 e. The van der Waals surface area contributed by atoms with Crippen molar-refractivity contribution in [1.29, 1.82) is 0 Å². The number of fused-ring (bicyclic) bond motifs is 1. The second kappa shape index (κ2) is 4.83. The Morgan fingerprint density at radius 2 is 2.24 bits per heavy atom. The van der Waals surface area contributed by atoms with Gasteiger partial charge in [0, 0.05) is 27.6 Å². The number of hydrogen-bond donors (Lipinski definition) is 2. The van der Waals surface area contributed by atoms with Crippen LogP contribution >= 0.6 is 15.9 Å². The van der Waals surface area contributed by atoms with Gasteiger partial charge in [0.1, 0.15) is 0 Å². The summed E-state index contributed by atoms with van der Waals surface area (Å²) in [6.07, 6.45) is 7.17. The predicted octanol–water partition coefficient (Wildman–Crippen LogP) is 3.62. The standard InChI is InChI=1S/C14H17BrN2/c15-13-9-17-14-8-10(4-5-12(13)14)7-11-3-1-2-6-16-11/h4-5,8-9,11,16-17H,1-3,6-7H2. The lowest BCUT2D eigenvalue weighted by molar-refractivity contribution is 0.399. The van der Waals surface area contributed by atoms with Crippen LogP contribution in [0.5, 0.6) is 0 Å². The van der Waals surface area contributed by atoms with Gasteiger partial charge in [-0.05, 0) is 53.4 Å². The second-order valence-electron chi connectivity index (χ2n) is 4.87. The number of hydrogen-bond acceptors (Lipinski definition) is 1. The first kappa shape index (κ1) is 11.3. The van der Waals surface area contributed by atoms with E-state index in [1.54, 1.807) is 0 Å². The molecule has 1 saturated heterocycles. The molecule has 17 heavy (non-hydrogen) atoms. The Kier molecular flexibility index (Phi) is 3.21. The molecule has 0 amide bonds. The van der Waals surface area contributed by atoms with Crippen LogP contribution in [0.1, 0.15) is 24.8 Å². The van der Waals surface area contributed by atoms with Gasteiger partial charge in [-0.2, -0.15) is 0 Å². The van der Waals surface area contributed by atoms with Crippen LogP contribution in [0.2, 0.25) is 0 Å². The van der Waals surface area contributed by atoms with E-state index in [2.05, 4.69) is 44.4 Å². The summed E-state index contributed by atoms with van der Waals surface area (Å²) < 4.78 is 1.15. The normalized spacial score (nSPS) is 20.9. The molecule has 0 spiro atoms. The summed E-state index contributed by atoms with van der Waals surface area (Å²) in [5, 5.41) is 4.87. The Hall–Kier alpha value is -0.800. The van der Waals surface area contributed by atoms with Crippen LogP contribution in [-0.4, -0.2) is 17.6 Å². The summed E-state index contributed by atoms with van der Waals surface area (Å²) in [6, 6.07) is 7.39. The monoisotopic (exact) mass is 292 g/mol. The molecule has 1 aliphatic rings. The van der Waals surface area contributed by atoms with Crippen LogP contribution in [0, 0.1) is 0 Å². The lowest BCUT2D eigenvalue weighted by atomic mass is 9.97. The molecule has 2 heterocycles. The highest BCUT2D eigenvalue weighted by atomic mass is 79.9. The van der Waals surface area contributed by atoms with Crippen molar-refractivity contribution < 1.29 is 0 Å². The van der Waals surface area contributed by atoms with Gasteiger partial charge in [0.05, 0.1) is 0 Å². The Labute approximate surface area is 110 Å². The Morgan fingerprint density at radius 3 is 3.06 bits per heavy atom. The van der Waals surface area contributed by atoms with Gasteiger partial charge in [-0.25, -0.2) is 0 Å². The third kappa shape index (κ3) is 2.40. The van der Waals surface area contributed by atoms with Crippen LogP contribution in [0.25, 0.3) is 10.9 Å². The molecule has 90 valence electrons. The van der Waals surface area contributed by atoms with Gasteiger partial charge in [0.15, 0.2) is 0 Å². The molecule has 1 fully saturated rings. The van der Waals surface area contributed by atoms with Crippen LogP contribution in [0.15, 0.2) is 28.9 Å². The number of halogens is 1. The SMILES string of the molecule is Brc1c[nH]c2cc(CC3CCCCN3)ccc12. The highest BCUT2D eigenvalue weighted by Gasteiger charge is 2.13. The molecular formula is C14H17BrN2. The summed E-state index contributed by atoms with van der Waals surface area (Å²) in [5.74, 6) is 0. The van der Waals surface area contributed by atoms with E-state index >= 15 is 0 Å². The van der Waals surface area contributed by atoms with E-state index in [0.717, 1.165) is 10.9 Å². The molecule has 3 heteroatoms. The fraction of sp³-hybridized carbons (Fsp3) is 0.429. The second-order valence-corrected chi connectivity index (χ2v) is 5.72. The van der Waals surface area contributed by atoms with Crippen molar-refractivity contribution in [2.75, 3.05) is 6.54 Å². The molecule has 0 saturated carbocycles. The summed E-state index contributed by atoms with van der Waals surface area (Å²) in [7, 11) is 0. The number of aromatic nitrogens is 1. The van der Waals surface area contributed by atoms with Gasteiger partial charge in [-0.3, -0.25) is 0 Å². The quantitative estimate of drug-likeness (QED) is 0.869. The molecule has 2 N–H and O–H groups in total. The molecule has 0 bridgehead atoms. The Balaban J connectivity index is 1.80. The average Bonchev–Trinajstić information content (AvgIpc) is 2.72. The van der Waals surface area contributed by atoms with Gasteiger partial charge >= 0.3 is 0 Å². The number of piperidine rings is 1. The third-order valence-corrected chi connectivity index (χ3v) is 4.25. The minimum atomic E-state index is 0.666. The molecule has 2 nitrogen and oxygen atoms in total. The minimum Gasteiger partial charge on any atom is -0.360 e. The lowest BCUT2D eigenvalue weighted by Crippen LogP contribution is -2.35. The van der Waals surface area contributed by atoms with E-state index in [0.29, 0.717) is 6.04 Å². The van der Waals surface area contributed by atoms with Crippen LogP contribution in [0.4, 0.5) is 0 Å². The number of aromatic amines is 1. The van der Waals surface area contributed by atoms with E-state index in [9.17, 15) is 0 Å². The number of rotatable bonds is 2. The Morgan fingerprint density at radius 1 is 1.29 bits per heavy atom. The predicted molar refractivity (Wildman–Crippen MR) is 75.3 cm³/mol. The zero-order valence-electron chi connectivity index (χ0n) is 9.80. The topological polar surface area (TPSA) is 27.8 Å². The van der Waals surface area contributed by atoms with Crippen molar-refractivity contribution in [1.82, 2.24) is 10.3 Å². The summed E-state index contributed by atoms with van der Waals surface area (Å²) in [5.41, 5.74) is 2.65. The fourth-order valence-electron chi connectivity index (χ4n) is 2.65. The van der Waals surface area contributed by atoms with Crippen LogP contribution in [0.3, 0.4) is 0 Å². The molecular weight excluding hydrogens is 276 g/mol. The zero-order chi connectivity index (χ0) is 11.7. The maximum atomic E-state index is 3.60. The highest BCUT2D eigenvalue weighted by molar-refractivity contribution is 9.10. The van der Waals surface area contributed by atoms with Crippen molar-refractivity contribution >= 4 is 26.8 Å². The van der Waals surface area contributed by atoms with Crippen molar-refractivity contribution in [2.45, 2.75) is 31.7 Å². The van der Waals surface area contributed by atoms with E-state index in [1.807, 2.05) is 6.20 Å². The number of H-pyrrole nitrogens is 1. The molecule has 3 rings (SSSR count). The Bertz CT molecular complexity index is 512. The van der Waals surface area contributed by atoms with E-state index in [4.69, 9.17) is 0 Å². The summed E-state index contributed by atoms with van der Waals surface area (Å²) >= 11 is 3.55. The van der Waals surface area contributed by atoms with Crippen molar-refractivity contribution in [3.63, 3.8) is 0 Å². The third-order valence-electron chi connectivity index (χ3n) is 3.59. The van der Waals surface area contributed by atoms with Gasteiger partial charge in [0.25, 0.3) is 0 Å². The fourth-order valence-corrected chi connectivity index (χ4v) is 3.11. The molecule has 0 radical (unpaired) electrons. The van der Waals surface area contributed by atoms with Crippen molar-refractivity contribution in [2.24, 2.45) is 0 Å². The lowest BCUT2D eigenvalue weighted by Gasteiger charge is -2.23. The molecule has 1 unspecified atom stereocenters. The zero-order valence-corrected chi connectivity index (χ0v) is 11.4. The maximum absolute atomic E-state index is 3.60. The van der Waals surface area contributed by atoms with Crippen LogP contribution in [-0.2, 0) is 6.42 Å². The molecule has 1 aromatic heterocycles. The highest BCUT2D eigenvalue weighted by Crippen LogP contribution is 2.25. The first-order chi connectivity index (χ1) is 8.33.